The molecule has 0 aliphatic carbocycles. The number of carbonyl (C=O) groups is 1. The van der Waals surface area contributed by atoms with Gasteiger partial charge in [-0.05, 0) is 98.1 Å². The Bertz CT molecular complexity index is 1700. The quantitative estimate of drug-likeness (QED) is 0.287. The number of amides is 1. The van der Waals surface area contributed by atoms with Crippen molar-refractivity contribution < 1.29 is 21.6 Å². The third kappa shape index (κ3) is 6.18. The fourth-order valence-corrected chi connectivity index (χ4v) is 5.97. The number of aromatic nitrogens is 1. The first-order valence-electron chi connectivity index (χ1n) is 11.5. The zero-order valence-electron chi connectivity index (χ0n) is 20.9. The molecule has 1 heterocycles. The molecule has 9 nitrogen and oxygen atoms in total. The molecule has 0 bridgehead atoms. The minimum Gasteiger partial charge on any atom is -0.322 e. The number of nitrogens with zero attached hydrogens (tertiary/aromatic N) is 1. The highest BCUT2D eigenvalue weighted by Crippen LogP contribution is 2.24. The van der Waals surface area contributed by atoms with Gasteiger partial charge in [0.15, 0.2) is 0 Å². The van der Waals surface area contributed by atoms with Gasteiger partial charge in [0, 0.05) is 23.1 Å². The molecule has 0 saturated carbocycles. The predicted molar refractivity (Wildman–Crippen MR) is 147 cm³/mol. The van der Waals surface area contributed by atoms with Gasteiger partial charge in [-0.15, -0.1) is 0 Å². The molecule has 196 valence electrons. The molecule has 0 unspecified atom stereocenters. The van der Waals surface area contributed by atoms with E-state index in [-0.39, 0.29) is 15.4 Å². The highest BCUT2D eigenvalue weighted by atomic mass is 32.2. The van der Waals surface area contributed by atoms with Crippen molar-refractivity contribution in [1.82, 2.24) is 4.98 Å². The summed E-state index contributed by atoms with van der Waals surface area (Å²) in [5.41, 5.74) is 3.69. The van der Waals surface area contributed by atoms with Crippen LogP contribution in [0.2, 0.25) is 0 Å². The summed E-state index contributed by atoms with van der Waals surface area (Å²) in [6, 6.07) is 18.4. The Morgan fingerprint density at radius 3 is 2.00 bits per heavy atom. The molecule has 3 N–H and O–H groups in total. The predicted octanol–water partition coefficient (Wildman–Crippen LogP) is 4.86. The van der Waals surface area contributed by atoms with Gasteiger partial charge >= 0.3 is 0 Å². The number of sulfonamides is 2. The Labute approximate surface area is 222 Å². The van der Waals surface area contributed by atoms with E-state index >= 15 is 0 Å². The van der Waals surface area contributed by atoms with Crippen molar-refractivity contribution in [2.24, 2.45) is 0 Å². The smallest absolute Gasteiger partial charge is 0.262 e. The van der Waals surface area contributed by atoms with E-state index in [0.717, 1.165) is 11.1 Å². The molecule has 0 aliphatic heterocycles. The Morgan fingerprint density at radius 2 is 1.34 bits per heavy atom. The molecule has 0 atom stereocenters. The largest absolute Gasteiger partial charge is 0.322 e. The topological polar surface area (TPSA) is 134 Å². The van der Waals surface area contributed by atoms with Crippen LogP contribution in [0.1, 0.15) is 27.0 Å². The van der Waals surface area contributed by atoms with Crippen LogP contribution in [0, 0.1) is 20.8 Å². The molecule has 4 aromatic rings. The summed E-state index contributed by atoms with van der Waals surface area (Å²) in [5, 5.41) is 2.67. The van der Waals surface area contributed by atoms with Gasteiger partial charge in [0.05, 0.1) is 21.7 Å². The minimum atomic E-state index is -3.96. The number of anilines is 3. The van der Waals surface area contributed by atoms with Crippen molar-refractivity contribution in [2.75, 3.05) is 14.8 Å². The number of pyridine rings is 1. The molecule has 0 radical (unpaired) electrons. The molecule has 1 amide bonds. The number of benzene rings is 3. The zero-order chi connectivity index (χ0) is 27.5. The highest BCUT2D eigenvalue weighted by Gasteiger charge is 2.20. The Morgan fingerprint density at radius 1 is 0.684 bits per heavy atom. The fourth-order valence-electron chi connectivity index (χ4n) is 3.60. The van der Waals surface area contributed by atoms with Gasteiger partial charge in [0.25, 0.3) is 26.0 Å². The summed E-state index contributed by atoms with van der Waals surface area (Å²) in [7, 11) is -7.80. The van der Waals surface area contributed by atoms with Gasteiger partial charge in [-0.2, -0.15) is 0 Å². The van der Waals surface area contributed by atoms with Crippen LogP contribution in [0.4, 0.5) is 17.1 Å². The average Bonchev–Trinajstić information content (AvgIpc) is 2.87. The summed E-state index contributed by atoms with van der Waals surface area (Å²) in [6.45, 7) is 5.48. The molecule has 1 aromatic heterocycles. The maximum absolute atomic E-state index is 13.1. The van der Waals surface area contributed by atoms with E-state index < -0.39 is 26.0 Å². The third-order valence-electron chi connectivity index (χ3n) is 5.84. The van der Waals surface area contributed by atoms with Crippen LogP contribution in [0.15, 0.2) is 95.0 Å². The van der Waals surface area contributed by atoms with Gasteiger partial charge < -0.3 is 5.32 Å². The fraction of sp³-hybridized carbons (Fsp3) is 0.111. The van der Waals surface area contributed by atoms with Crippen LogP contribution in [-0.2, 0) is 20.0 Å². The molecular formula is C27H26N4O5S2. The third-order valence-corrected chi connectivity index (χ3v) is 8.76. The molecular weight excluding hydrogens is 524 g/mol. The lowest BCUT2D eigenvalue weighted by molar-refractivity contribution is 0.102. The monoisotopic (exact) mass is 550 g/mol. The standard InChI is InChI=1S/C27H26N4O5S2/c1-18-7-9-23(15-20(18)3)30-38(35,36)26-16-21(8-6-19(26)2)27(32)29-22-10-12-25(13-11-22)37(33,34)31-24-5-4-14-28-17-24/h4-17,30-31H,1-3H3,(H,29,32). The highest BCUT2D eigenvalue weighted by molar-refractivity contribution is 7.93. The lowest BCUT2D eigenvalue weighted by atomic mass is 10.1. The Balaban J connectivity index is 1.50. The van der Waals surface area contributed by atoms with Crippen molar-refractivity contribution in [1.29, 1.82) is 0 Å². The maximum atomic E-state index is 13.1. The maximum Gasteiger partial charge on any atom is 0.262 e. The summed E-state index contributed by atoms with van der Waals surface area (Å²) in [5.74, 6) is -0.545. The van der Waals surface area contributed by atoms with Gasteiger partial charge in [-0.1, -0.05) is 12.1 Å². The van der Waals surface area contributed by atoms with Crippen LogP contribution in [-0.4, -0.2) is 27.7 Å². The molecule has 4 rings (SSSR count). The average molecular weight is 551 g/mol. The van der Waals surface area contributed by atoms with E-state index in [4.69, 9.17) is 0 Å². The molecule has 0 saturated heterocycles. The first kappa shape index (κ1) is 26.8. The van der Waals surface area contributed by atoms with Gasteiger partial charge in [0.2, 0.25) is 0 Å². The number of carbonyl (C=O) groups excluding carboxylic acids is 1. The number of nitrogens with one attached hydrogen (secondary N) is 3. The first-order chi connectivity index (χ1) is 17.9. The van der Waals surface area contributed by atoms with E-state index in [1.807, 2.05) is 19.9 Å². The molecule has 0 spiro atoms. The van der Waals surface area contributed by atoms with Crippen molar-refractivity contribution in [2.45, 2.75) is 30.6 Å². The van der Waals surface area contributed by atoms with Gasteiger partial charge in [-0.3, -0.25) is 19.2 Å². The van der Waals surface area contributed by atoms with E-state index in [1.54, 1.807) is 37.3 Å². The lowest BCUT2D eigenvalue weighted by Gasteiger charge is -2.13. The van der Waals surface area contributed by atoms with Crippen LogP contribution in [0.3, 0.4) is 0 Å². The van der Waals surface area contributed by atoms with Crippen molar-refractivity contribution in [3.8, 4) is 0 Å². The van der Waals surface area contributed by atoms with Crippen LogP contribution in [0.5, 0.6) is 0 Å². The van der Waals surface area contributed by atoms with E-state index in [2.05, 4.69) is 19.7 Å². The van der Waals surface area contributed by atoms with E-state index in [0.29, 0.717) is 22.6 Å². The second-order valence-corrected chi connectivity index (χ2v) is 12.0. The molecule has 0 fully saturated rings. The molecule has 11 heteroatoms. The number of hydrogen-bond acceptors (Lipinski definition) is 6. The van der Waals surface area contributed by atoms with Crippen molar-refractivity contribution in [3.63, 3.8) is 0 Å². The Hall–Kier alpha value is -4.22. The zero-order valence-corrected chi connectivity index (χ0v) is 22.5. The number of rotatable bonds is 8. The summed E-state index contributed by atoms with van der Waals surface area (Å²) in [4.78, 5) is 16.8. The van der Waals surface area contributed by atoms with E-state index in [9.17, 15) is 21.6 Å². The number of hydrogen-bond donors (Lipinski definition) is 3. The van der Waals surface area contributed by atoms with Crippen molar-refractivity contribution in [3.05, 3.63) is 107 Å². The second-order valence-electron chi connectivity index (χ2n) is 8.71. The molecule has 3 aromatic carbocycles. The molecule has 0 aliphatic rings. The van der Waals surface area contributed by atoms with Crippen LogP contribution >= 0.6 is 0 Å². The minimum absolute atomic E-state index is 0.000449. The van der Waals surface area contributed by atoms with Crippen LogP contribution in [0.25, 0.3) is 0 Å². The molecule has 38 heavy (non-hydrogen) atoms. The summed E-state index contributed by atoms with van der Waals surface area (Å²) >= 11 is 0. The lowest BCUT2D eigenvalue weighted by Crippen LogP contribution is -2.17. The summed E-state index contributed by atoms with van der Waals surface area (Å²) in [6.07, 6.45) is 2.92. The second kappa shape index (κ2) is 10.6. The number of aryl methyl sites for hydroxylation is 3. The first-order valence-corrected chi connectivity index (χ1v) is 14.5. The van der Waals surface area contributed by atoms with Crippen molar-refractivity contribution >= 4 is 43.0 Å². The summed E-state index contributed by atoms with van der Waals surface area (Å²) < 4.78 is 56.4. The Kier molecular flexibility index (Phi) is 7.51. The van der Waals surface area contributed by atoms with E-state index in [1.165, 1.54) is 48.8 Å². The normalized spacial score (nSPS) is 11.6. The SMILES string of the molecule is Cc1ccc(NS(=O)(=O)c2cc(C(=O)Nc3ccc(S(=O)(=O)Nc4cccnc4)cc3)ccc2C)cc1C. The van der Waals surface area contributed by atoms with Gasteiger partial charge in [-0.25, -0.2) is 16.8 Å². The van der Waals surface area contributed by atoms with Crippen LogP contribution < -0.4 is 14.8 Å². The van der Waals surface area contributed by atoms with Gasteiger partial charge in [0.1, 0.15) is 0 Å².